The minimum Gasteiger partial charge on any atom is -0.481 e. The van der Waals surface area contributed by atoms with Gasteiger partial charge in [0.05, 0.1) is 11.4 Å². The summed E-state index contributed by atoms with van der Waals surface area (Å²) in [5, 5.41) is 15.2. The second-order valence-electron chi connectivity index (χ2n) is 4.49. The van der Waals surface area contributed by atoms with Crippen molar-refractivity contribution in [2.45, 2.75) is 38.5 Å². The van der Waals surface area contributed by atoms with E-state index in [9.17, 15) is 13.2 Å². The molecule has 0 aromatic carbocycles. The molecule has 0 aliphatic carbocycles. The van der Waals surface area contributed by atoms with E-state index in [0.29, 0.717) is 17.8 Å². The maximum atomic E-state index is 12.1. The SMILES string of the molecule is CCC(CNS(=O)(=O)c1c(C)n[nH]c1C)CC(=O)O. The minimum atomic E-state index is -3.66. The van der Waals surface area contributed by atoms with Gasteiger partial charge in [0.1, 0.15) is 4.90 Å². The van der Waals surface area contributed by atoms with E-state index >= 15 is 0 Å². The summed E-state index contributed by atoms with van der Waals surface area (Å²) in [6.07, 6.45) is 0.542. The lowest BCUT2D eigenvalue weighted by Gasteiger charge is -2.13. The summed E-state index contributed by atoms with van der Waals surface area (Å²) in [6, 6.07) is 0. The Bertz CT molecular complexity index is 531. The van der Waals surface area contributed by atoms with Gasteiger partial charge >= 0.3 is 5.97 Å². The predicted molar refractivity (Wildman–Crippen MR) is 69.3 cm³/mol. The molecule has 0 bridgehead atoms. The molecule has 0 fully saturated rings. The highest BCUT2D eigenvalue weighted by atomic mass is 32.2. The topological polar surface area (TPSA) is 112 Å². The number of nitrogens with zero attached hydrogens (tertiary/aromatic N) is 1. The number of hydrogen-bond donors (Lipinski definition) is 3. The molecule has 0 radical (unpaired) electrons. The van der Waals surface area contributed by atoms with E-state index in [2.05, 4.69) is 14.9 Å². The Morgan fingerprint density at radius 2 is 2.11 bits per heavy atom. The molecule has 108 valence electrons. The fourth-order valence-electron chi connectivity index (χ4n) is 1.84. The monoisotopic (exact) mass is 289 g/mol. The molecule has 1 aromatic rings. The highest BCUT2D eigenvalue weighted by Gasteiger charge is 2.23. The van der Waals surface area contributed by atoms with Gasteiger partial charge < -0.3 is 5.11 Å². The quantitative estimate of drug-likeness (QED) is 0.687. The molecule has 0 aliphatic heterocycles. The summed E-state index contributed by atoms with van der Waals surface area (Å²) in [7, 11) is -3.66. The van der Waals surface area contributed by atoms with Crippen LogP contribution in [0.25, 0.3) is 0 Å². The van der Waals surface area contributed by atoms with Crippen molar-refractivity contribution in [2.75, 3.05) is 6.54 Å². The van der Waals surface area contributed by atoms with Crippen LogP contribution in [0, 0.1) is 19.8 Å². The van der Waals surface area contributed by atoms with Crippen LogP contribution >= 0.6 is 0 Å². The van der Waals surface area contributed by atoms with Crippen LogP contribution in [0.3, 0.4) is 0 Å². The van der Waals surface area contributed by atoms with Gasteiger partial charge in [0.15, 0.2) is 0 Å². The summed E-state index contributed by atoms with van der Waals surface area (Å²) in [5.41, 5.74) is 0.868. The van der Waals surface area contributed by atoms with Crippen LogP contribution < -0.4 is 4.72 Å². The normalized spacial score (nSPS) is 13.4. The summed E-state index contributed by atoms with van der Waals surface area (Å²) in [6.45, 7) is 5.17. The molecule has 0 saturated carbocycles. The van der Waals surface area contributed by atoms with Gasteiger partial charge in [-0.2, -0.15) is 5.10 Å². The van der Waals surface area contributed by atoms with Gasteiger partial charge in [-0.3, -0.25) is 9.89 Å². The number of aryl methyl sites for hydroxylation is 2. The van der Waals surface area contributed by atoms with Gasteiger partial charge in [-0.05, 0) is 19.8 Å². The molecule has 0 aliphatic rings. The second kappa shape index (κ2) is 6.16. The third kappa shape index (κ3) is 4.03. The lowest BCUT2D eigenvalue weighted by atomic mass is 10.0. The molecule has 1 aromatic heterocycles. The number of aromatic amines is 1. The zero-order chi connectivity index (χ0) is 14.6. The van der Waals surface area contributed by atoms with Crippen LogP contribution in [0.4, 0.5) is 0 Å². The van der Waals surface area contributed by atoms with Gasteiger partial charge in [-0.25, -0.2) is 13.1 Å². The molecule has 0 amide bonds. The largest absolute Gasteiger partial charge is 0.481 e. The fourth-order valence-corrected chi connectivity index (χ4v) is 3.33. The third-order valence-electron chi connectivity index (χ3n) is 2.93. The first kappa shape index (κ1) is 15.6. The van der Waals surface area contributed by atoms with Gasteiger partial charge in [0.2, 0.25) is 10.0 Å². The molecular formula is C11H19N3O4S. The maximum Gasteiger partial charge on any atom is 0.303 e. The number of nitrogens with one attached hydrogen (secondary N) is 2. The van der Waals surface area contributed by atoms with E-state index < -0.39 is 16.0 Å². The summed E-state index contributed by atoms with van der Waals surface area (Å²) >= 11 is 0. The molecule has 1 rings (SSSR count). The average molecular weight is 289 g/mol. The van der Waals surface area contributed by atoms with Crippen molar-refractivity contribution in [2.24, 2.45) is 5.92 Å². The molecule has 1 atom stereocenters. The Morgan fingerprint density at radius 3 is 2.53 bits per heavy atom. The Hall–Kier alpha value is -1.41. The zero-order valence-electron chi connectivity index (χ0n) is 11.2. The number of aromatic nitrogens is 2. The van der Waals surface area contributed by atoms with E-state index in [1.165, 1.54) is 0 Å². The summed E-state index contributed by atoms with van der Waals surface area (Å²) in [5.74, 6) is -1.15. The minimum absolute atomic E-state index is 0.0532. The molecule has 19 heavy (non-hydrogen) atoms. The summed E-state index contributed by atoms with van der Waals surface area (Å²) in [4.78, 5) is 10.8. The standard InChI is InChI=1S/C11H19N3O4S/c1-4-9(5-10(15)16)6-12-19(17,18)11-7(2)13-14-8(11)3/h9,12H,4-6H2,1-3H3,(H,13,14)(H,15,16). The number of aliphatic carboxylic acids is 1. The van der Waals surface area contributed by atoms with E-state index in [1.54, 1.807) is 13.8 Å². The molecule has 0 spiro atoms. The number of carbonyl (C=O) groups is 1. The highest BCUT2D eigenvalue weighted by molar-refractivity contribution is 7.89. The van der Waals surface area contributed by atoms with Crippen molar-refractivity contribution in [1.29, 1.82) is 0 Å². The van der Waals surface area contributed by atoms with Crippen molar-refractivity contribution in [3.05, 3.63) is 11.4 Å². The third-order valence-corrected chi connectivity index (χ3v) is 4.62. The smallest absolute Gasteiger partial charge is 0.303 e. The van der Waals surface area contributed by atoms with Crippen LogP contribution in [-0.2, 0) is 14.8 Å². The highest BCUT2D eigenvalue weighted by Crippen LogP contribution is 2.17. The first-order valence-electron chi connectivity index (χ1n) is 6.01. The fraction of sp³-hybridized carbons (Fsp3) is 0.636. The van der Waals surface area contributed by atoms with E-state index in [1.807, 2.05) is 6.92 Å². The Labute approximate surface area is 112 Å². The predicted octanol–water partition coefficient (Wildman–Crippen LogP) is 0.806. The first-order valence-corrected chi connectivity index (χ1v) is 7.49. The van der Waals surface area contributed by atoms with Gasteiger partial charge in [0.25, 0.3) is 0 Å². The Kier molecular flexibility index (Phi) is 5.07. The lowest BCUT2D eigenvalue weighted by molar-refractivity contribution is -0.138. The number of carboxylic acids is 1. The van der Waals surface area contributed by atoms with E-state index in [-0.39, 0.29) is 23.8 Å². The molecular weight excluding hydrogens is 270 g/mol. The summed E-state index contributed by atoms with van der Waals surface area (Å²) < 4.78 is 26.7. The number of hydrogen-bond acceptors (Lipinski definition) is 4. The van der Waals surface area contributed by atoms with Crippen LogP contribution in [0.15, 0.2) is 4.90 Å². The van der Waals surface area contributed by atoms with E-state index in [4.69, 9.17) is 5.11 Å². The van der Waals surface area contributed by atoms with Crippen LogP contribution in [0.2, 0.25) is 0 Å². The molecule has 8 heteroatoms. The molecule has 1 unspecified atom stereocenters. The van der Waals surface area contributed by atoms with Gasteiger partial charge in [-0.15, -0.1) is 0 Å². The van der Waals surface area contributed by atoms with Crippen LogP contribution in [0.1, 0.15) is 31.2 Å². The van der Waals surface area contributed by atoms with Crippen molar-refractivity contribution in [3.63, 3.8) is 0 Å². The average Bonchev–Trinajstić information content (AvgIpc) is 2.64. The number of H-pyrrole nitrogens is 1. The van der Waals surface area contributed by atoms with E-state index in [0.717, 1.165) is 0 Å². The van der Waals surface area contributed by atoms with Gasteiger partial charge in [-0.1, -0.05) is 13.3 Å². The van der Waals surface area contributed by atoms with Crippen LogP contribution in [0.5, 0.6) is 0 Å². The zero-order valence-corrected chi connectivity index (χ0v) is 12.0. The number of sulfonamides is 1. The molecule has 1 heterocycles. The second-order valence-corrected chi connectivity index (χ2v) is 6.19. The van der Waals surface area contributed by atoms with Crippen molar-refractivity contribution >= 4 is 16.0 Å². The lowest BCUT2D eigenvalue weighted by Crippen LogP contribution is -2.30. The maximum absolute atomic E-state index is 12.1. The van der Waals surface area contributed by atoms with Crippen molar-refractivity contribution < 1.29 is 18.3 Å². The van der Waals surface area contributed by atoms with Crippen molar-refractivity contribution in [3.8, 4) is 0 Å². The van der Waals surface area contributed by atoms with Gasteiger partial charge in [0, 0.05) is 13.0 Å². The van der Waals surface area contributed by atoms with Crippen LogP contribution in [-0.4, -0.2) is 36.2 Å². The Morgan fingerprint density at radius 1 is 1.47 bits per heavy atom. The molecule has 0 saturated heterocycles. The number of carboxylic acid groups (broad SMARTS) is 1. The molecule has 3 N–H and O–H groups in total. The number of rotatable bonds is 7. The Balaban J connectivity index is 2.78. The first-order chi connectivity index (χ1) is 8.77. The van der Waals surface area contributed by atoms with Crippen molar-refractivity contribution in [1.82, 2.24) is 14.9 Å². The molecule has 7 nitrogen and oxygen atoms in total.